The number of carbonyl (C=O) groups excluding carboxylic acids is 1. The Kier molecular flexibility index (Phi) is 5.09. The van der Waals surface area contributed by atoms with Gasteiger partial charge in [-0.1, -0.05) is 29.8 Å². The van der Waals surface area contributed by atoms with Gasteiger partial charge in [0.1, 0.15) is 12.4 Å². The number of nitrogens with zero attached hydrogens (tertiary/aromatic N) is 2. The molecule has 1 N–H and O–H groups in total. The van der Waals surface area contributed by atoms with Gasteiger partial charge in [-0.25, -0.2) is 9.07 Å². The minimum atomic E-state index is -0.514. The van der Waals surface area contributed by atoms with Crippen molar-refractivity contribution in [3.8, 4) is 11.3 Å². The van der Waals surface area contributed by atoms with Gasteiger partial charge < -0.3 is 5.32 Å². The Morgan fingerprint density at radius 3 is 2.60 bits per heavy atom. The third-order valence-electron chi connectivity index (χ3n) is 3.67. The number of rotatable bonds is 4. The van der Waals surface area contributed by atoms with Gasteiger partial charge in [0.2, 0.25) is 5.91 Å². The van der Waals surface area contributed by atoms with Crippen molar-refractivity contribution in [3.05, 3.63) is 75.5 Å². The first-order valence-electron chi connectivity index (χ1n) is 7.73. The summed E-state index contributed by atoms with van der Waals surface area (Å²) in [6.07, 6.45) is 4.30. The standard InChI is InChI=1S/C18H15ClFN3O2/c19-13-7-5-12(6-8-13)15-9-10-18(25)23(22-15)11-17(24)21-16-4-2-1-3-14(16)20/h3-10H,1-2,11H2,(H,21,24). The van der Waals surface area contributed by atoms with E-state index in [9.17, 15) is 14.0 Å². The maximum atomic E-state index is 13.6. The summed E-state index contributed by atoms with van der Waals surface area (Å²) in [5.74, 6) is -0.977. The zero-order chi connectivity index (χ0) is 17.8. The molecule has 0 spiro atoms. The van der Waals surface area contributed by atoms with Gasteiger partial charge in [0.05, 0.1) is 11.4 Å². The molecule has 1 amide bonds. The molecule has 1 aromatic heterocycles. The highest BCUT2D eigenvalue weighted by Gasteiger charge is 2.13. The summed E-state index contributed by atoms with van der Waals surface area (Å²) in [5, 5.41) is 7.26. The summed E-state index contributed by atoms with van der Waals surface area (Å²) in [7, 11) is 0. The predicted octanol–water partition coefficient (Wildman–Crippen LogP) is 3.21. The molecule has 0 atom stereocenters. The molecule has 0 radical (unpaired) electrons. The van der Waals surface area contributed by atoms with Gasteiger partial charge in [-0.05, 0) is 37.1 Å². The monoisotopic (exact) mass is 359 g/mol. The molecule has 0 saturated heterocycles. The van der Waals surface area contributed by atoms with Gasteiger partial charge in [0.15, 0.2) is 0 Å². The molecule has 128 valence electrons. The first-order chi connectivity index (χ1) is 12.0. The number of hydrogen-bond donors (Lipinski definition) is 1. The van der Waals surface area contributed by atoms with Crippen molar-refractivity contribution in [2.24, 2.45) is 0 Å². The van der Waals surface area contributed by atoms with E-state index in [-0.39, 0.29) is 12.2 Å². The van der Waals surface area contributed by atoms with Crippen molar-refractivity contribution in [3.63, 3.8) is 0 Å². The van der Waals surface area contributed by atoms with Crippen LogP contribution in [0.3, 0.4) is 0 Å². The van der Waals surface area contributed by atoms with Crippen LogP contribution in [0.5, 0.6) is 0 Å². The Balaban J connectivity index is 1.78. The predicted molar refractivity (Wildman–Crippen MR) is 93.6 cm³/mol. The molecule has 2 aromatic rings. The van der Waals surface area contributed by atoms with Gasteiger partial charge in [-0.3, -0.25) is 9.59 Å². The van der Waals surface area contributed by atoms with Crippen LogP contribution in [0.4, 0.5) is 4.39 Å². The lowest BCUT2D eigenvalue weighted by Gasteiger charge is -2.12. The molecule has 1 aromatic carbocycles. The van der Waals surface area contributed by atoms with E-state index in [2.05, 4.69) is 10.4 Å². The van der Waals surface area contributed by atoms with Crippen LogP contribution in [0, 0.1) is 0 Å². The molecule has 0 unspecified atom stereocenters. The van der Waals surface area contributed by atoms with Crippen molar-refractivity contribution in [2.75, 3.05) is 0 Å². The number of hydrogen-bond acceptors (Lipinski definition) is 3. The lowest BCUT2D eigenvalue weighted by Crippen LogP contribution is -2.33. The molecule has 0 bridgehead atoms. The number of allylic oxidation sites excluding steroid dienone is 3. The minimum absolute atomic E-state index is 0.137. The van der Waals surface area contributed by atoms with Crippen LogP contribution in [0.2, 0.25) is 5.02 Å². The molecule has 1 aliphatic rings. The lowest BCUT2D eigenvalue weighted by atomic mass is 10.1. The van der Waals surface area contributed by atoms with Crippen LogP contribution >= 0.6 is 11.6 Å². The Hall–Kier alpha value is -2.73. The van der Waals surface area contributed by atoms with Crippen molar-refractivity contribution in [2.45, 2.75) is 19.4 Å². The van der Waals surface area contributed by atoms with E-state index in [4.69, 9.17) is 11.6 Å². The third kappa shape index (κ3) is 4.22. The maximum absolute atomic E-state index is 13.6. The van der Waals surface area contributed by atoms with Gasteiger partial charge >= 0.3 is 0 Å². The van der Waals surface area contributed by atoms with E-state index in [1.54, 1.807) is 36.4 Å². The average Bonchev–Trinajstić information content (AvgIpc) is 2.60. The SMILES string of the molecule is O=C(Cn1nc(-c2ccc(Cl)cc2)ccc1=O)NC1=CCCC=C1F. The average molecular weight is 360 g/mol. The van der Waals surface area contributed by atoms with E-state index in [1.807, 2.05) is 0 Å². The fourth-order valence-corrected chi connectivity index (χ4v) is 2.54. The van der Waals surface area contributed by atoms with Crippen LogP contribution in [0.1, 0.15) is 12.8 Å². The van der Waals surface area contributed by atoms with Gasteiger partial charge in [0.25, 0.3) is 5.56 Å². The number of benzene rings is 1. The van der Waals surface area contributed by atoms with E-state index in [0.29, 0.717) is 23.6 Å². The first kappa shape index (κ1) is 17.1. The molecule has 25 heavy (non-hydrogen) atoms. The normalized spacial score (nSPS) is 13.8. The molecule has 5 nitrogen and oxygen atoms in total. The summed E-state index contributed by atoms with van der Waals surface area (Å²) in [4.78, 5) is 24.1. The quantitative estimate of drug-likeness (QED) is 0.911. The summed E-state index contributed by atoms with van der Waals surface area (Å²) < 4.78 is 14.7. The Morgan fingerprint density at radius 1 is 1.16 bits per heavy atom. The van der Waals surface area contributed by atoms with E-state index in [1.165, 1.54) is 12.1 Å². The van der Waals surface area contributed by atoms with Gasteiger partial charge in [-0.15, -0.1) is 0 Å². The van der Waals surface area contributed by atoms with Crippen LogP contribution in [0.25, 0.3) is 11.3 Å². The van der Waals surface area contributed by atoms with Crippen LogP contribution in [-0.2, 0) is 11.3 Å². The summed E-state index contributed by atoms with van der Waals surface area (Å²) in [5.41, 5.74) is 1.02. The fourth-order valence-electron chi connectivity index (χ4n) is 2.42. The highest BCUT2D eigenvalue weighted by atomic mass is 35.5. The second kappa shape index (κ2) is 7.44. The van der Waals surface area contributed by atoms with Crippen LogP contribution in [-0.4, -0.2) is 15.7 Å². The van der Waals surface area contributed by atoms with E-state index < -0.39 is 17.3 Å². The highest BCUT2D eigenvalue weighted by molar-refractivity contribution is 6.30. The second-order valence-electron chi connectivity index (χ2n) is 5.52. The smallest absolute Gasteiger partial charge is 0.267 e. The Morgan fingerprint density at radius 2 is 1.88 bits per heavy atom. The number of halogens is 2. The largest absolute Gasteiger partial charge is 0.322 e. The molecular formula is C18H15ClFN3O2. The Labute approximate surface area is 148 Å². The zero-order valence-corrected chi connectivity index (χ0v) is 14.0. The van der Waals surface area contributed by atoms with Crippen molar-refractivity contribution in [1.29, 1.82) is 0 Å². The minimum Gasteiger partial charge on any atom is -0.322 e. The lowest BCUT2D eigenvalue weighted by molar-refractivity contribution is -0.121. The second-order valence-corrected chi connectivity index (χ2v) is 5.95. The maximum Gasteiger partial charge on any atom is 0.267 e. The molecule has 0 saturated carbocycles. The van der Waals surface area contributed by atoms with Crippen molar-refractivity contribution < 1.29 is 9.18 Å². The first-order valence-corrected chi connectivity index (χ1v) is 8.11. The Bertz CT molecular complexity index is 917. The van der Waals surface area contributed by atoms with Crippen molar-refractivity contribution >= 4 is 17.5 Å². The molecular weight excluding hydrogens is 345 g/mol. The highest BCUT2D eigenvalue weighted by Crippen LogP contribution is 2.19. The van der Waals surface area contributed by atoms with E-state index in [0.717, 1.165) is 10.2 Å². The van der Waals surface area contributed by atoms with Crippen molar-refractivity contribution in [1.82, 2.24) is 15.1 Å². The molecule has 7 heteroatoms. The van der Waals surface area contributed by atoms with Gasteiger partial charge in [0, 0.05) is 16.7 Å². The third-order valence-corrected chi connectivity index (χ3v) is 3.92. The molecule has 1 heterocycles. The van der Waals surface area contributed by atoms with E-state index >= 15 is 0 Å². The van der Waals surface area contributed by atoms with Gasteiger partial charge in [-0.2, -0.15) is 5.10 Å². The summed E-state index contributed by atoms with van der Waals surface area (Å²) in [6.45, 7) is -0.301. The zero-order valence-electron chi connectivity index (χ0n) is 13.2. The topological polar surface area (TPSA) is 64.0 Å². The number of amides is 1. The number of carbonyl (C=O) groups is 1. The molecule has 0 fully saturated rings. The number of aromatic nitrogens is 2. The van der Waals surface area contributed by atoms with Crippen LogP contribution < -0.4 is 10.9 Å². The molecule has 1 aliphatic carbocycles. The fraction of sp³-hybridized carbons (Fsp3) is 0.167. The summed E-state index contributed by atoms with van der Waals surface area (Å²) >= 11 is 5.86. The number of nitrogens with one attached hydrogen (secondary N) is 1. The van der Waals surface area contributed by atoms with Crippen LogP contribution in [0.15, 0.2) is 64.9 Å². The summed E-state index contributed by atoms with van der Waals surface area (Å²) in [6, 6.07) is 9.88. The molecule has 0 aliphatic heterocycles. The molecule has 3 rings (SSSR count).